The molecule has 92 valence electrons. The minimum Gasteiger partial charge on any atom is -0.427 e. The highest BCUT2D eigenvalue weighted by molar-refractivity contribution is 5.75. The zero-order chi connectivity index (χ0) is 12.7. The van der Waals surface area contributed by atoms with Gasteiger partial charge in [0, 0.05) is 12.8 Å². The van der Waals surface area contributed by atoms with Crippen molar-refractivity contribution in [2.45, 2.75) is 39.5 Å². The highest BCUT2D eigenvalue weighted by Gasteiger charge is 2.03. The van der Waals surface area contributed by atoms with E-state index < -0.39 is 0 Å². The van der Waals surface area contributed by atoms with Crippen LogP contribution in [-0.4, -0.2) is 11.8 Å². The van der Waals surface area contributed by atoms with Crippen LogP contribution in [0.25, 0.3) is 0 Å². The summed E-state index contributed by atoms with van der Waals surface area (Å²) < 4.78 is 5.13. The molecular weight excluding hydrogens is 216 g/mol. The Morgan fingerprint density at radius 3 is 2.29 bits per heavy atom. The molecule has 0 aliphatic carbocycles. The standard InChI is InChI=1S/C14H18O3/c1-3-4-14(16)17-13-9-7-12(8-10-13)6-5-11(2)15/h7-10H,3-6H2,1-2H3. The number of ether oxygens (including phenoxy) is 1. The number of ketones is 1. The molecule has 1 aromatic rings. The van der Waals surface area contributed by atoms with Gasteiger partial charge in [-0.1, -0.05) is 19.1 Å². The largest absolute Gasteiger partial charge is 0.427 e. The van der Waals surface area contributed by atoms with Crippen molar-refractivity contribution in [3.8, 4) is 5.75 Å². The van der Waals surface area contributed by atoms with E-state index in [1.165, 1.54) is 0 Å². The average molecular weight is 234 g/mol. The molecule has 0 heterocycles. The van der Waals surface area contributed by atoms with Gasteiger partial charge in [-0.25, -0.2) is 0 Å². The Kier molecular flexibility index (Phi) is 5.40. The minimum absolute atomic E-state index is 0.184. The van der Waals surface area contributed by atoms with Crippen LogP contribution in [0.15, 0.2) is 24.3 Å². The van der Waals surface area contributed by atoms with E-state index in [1.54, 1.807) is 19.1 Å². The lowest BCUT2D eigenvalue weighted by Gasteiger charge is -2.04. The molecule has 0 unspecified atom stereocenters. The van der Waals surface area contributed by atoms with E-state index in [0.29, 0.717) is 18.6 Å². The molecule has 0 bridgehead atoms. The van der Waals surface area contributed by atoms with E-state index in [2.05, 4.69) is 0 Å². The summed E-state index contributed by atoms with van der Waals surface area (Å²) in [5.74, 6) is 0.544. The van der Waals surface area contributed by atoms with Gasteiger partial charge < -0.3 is 9.53 Å². The monoisotopic (exact) mass is 234 g/mol. The smallest absolute Gasteiger partial charge is 0.311 e. The summed E-state index contributed by atoms with van der Waals surface area (Å²) in [5.41, 5.74) is 1.08. The van der Waals surface area contributed by atoms with Gasteiger partial charge in [0.25, 0.3) is 0 Å². The molecular formula is C14H18O3. The number of hydrogen-bond acceptors (Lipinski definition) is 3. The lowest BCUT2D eigenvalue weighted by atomic mass is 10.1. The third-order valence-electron chi connectivity index (χ3n) is 2.37. The number of hydrogen-bond donors (Lipinski definition) is 0. The molecule has 0 fully saturated rings. The van der Waals surface area contributed by atoms with Crippen molar-refractivity contribution in [1.29, 1.82) is 0 Å². The summed E-state index contributed by atoms with van der Waals surface area (Å²) in [6.07, 6.45) is 2.51. The summed E-state index contributed by atoms with van der Waals surface area (Å²) in [5, 5.41) is 0. The second kappa shape index (κ2) is 6.84. The van der Waals surface area contributed by atoms with Crippen molar-refractivity contribution >= 4 is 11.8 Å². The van der Waals surface area contributed by atoms with Crippen LogP contribution in [0, 0.1) is 0 Å². The normalized spacial score (nSPS) is 10.0. The Hall–Kier alpha value is -1.64. The lowest BCUT2D eigenvalue weighted by Crippen LogP contribution is -2.06. The van der Waals surface area contributed by atoms with Gasteiger partial charge in [0.1, 0.15) is 11.5 Å². The average Bonchev–Trinajstić information content (AvgIpc) is 2.28. The molecule has 0 aliphatic rings. The number of Topliss-reactive ketones (excluding diaryl/α,β-unsaturated/α-hetero) is 1. The predicted molar refractivity (Wildman–Crippen MR) is 66.0 cm³/mol. The molecule has 1 rings (SSSR count). The number of esters is 1. The Bertz CT molecular complexity index is 379. The first-order valence-electron chi connectivity index (χ1n) is 5.91. The third kappa shape index (κ3) is 5.29. The Labute approximate surface area is 102 Å². The van der Waals surface area contributed by atoms with Gasteiger partial charge in [-0.2, -0.15) is 0 Å². The van der Waals surface area contributed by atoms with Crippen molar-refractivity contribution < 1.29 is 14.3 Å². The Morgan fingerprint density at radius 1 is 1.12 bits per heavy atom. The highest BCUT2D eigenvalue weighted by atomic mass is 16.5. The maximum atomic E-state index is 11.2. The van der Waals surface area contributed by atoms with Crippen LogP contribution in [0.3, 0.4) is 0 Å². The fraction of sp³-hybridized carbons (Fsp3) is 0.429. The molecule has 17 heavy (non-hydrogen) atoms. The second-order valence-corrected chi connectivity index (χ2v) is 4.07. The van der Waals surface area contributed by atoms with Gasteiger partial charge >= 0.3 is 5.97 Å². The first-order valence-corrected chi connectivity index (χ1v) is 5.91. The summed E-state index contributed by atoms with van der Waals surface area (Å²) in [6, 6.07) is 7.31. The van der Waals surface area contributed by atoms with Crippen LogP contribution in [0.5, 0.6) is 5.75 Å². The molecule has 0 aliphatic heterocycles. The third-order valence-corrected chi connectivity index (χ3v) is 2.37. The molecule has 0 radical (unpaired) electrons. The van der Waals surface area contributed by atoms with Crippen LogP contribution in [0.1, 0.15) is 38.7 Å². The SMILES string of the molecule is CCCC(=O)Oc1ccc(CCC(C)=O)cc1. The first-order chi connectivity index (χ1) is 8.11. The van der Waals surface area contributed by atoms with E-state index >= 15 is 0 Å². The minimum atomic E-state index is -0.205. The van der Waals surface area contributed by atoms with Crippen LogP contribution >= 0.6 is 0 Å². The number of carbonyl (C=O) groups is 2. The molecule has 0 atom stereocenters. The zero-order valence-corrected chi connectivity index (χ0v) is 10.4. The van der Waals surface area contributed by atoms with Gasteiger partial charge in [-0.05, 0) is 37.5 Å². The van der Waals surface area contributed by atoms with Gasteiger partial charge in [0.15, 0.2) is 0 Å². The maximum Gasteiger partial charge on any atom is 0.311 e. The molecule has 0 N–H and O–H groups in total. The van der Waals surface area contributed by atoms with Crippen LogP contribution in [0.4, 0.5) is 0 Å². The van der Waals surface area contributed by atoms with Gasteiger partial charge in [0.05, 0.1) is 0 Å². The molecule has 3 nitrogen and oxygen atoms in total. The number of rotatable bonds is 6. The van der Waals surface area contributed by atoms with E-state index in [4.69, 9.17) is 4.74 Å². The Balaban J connectivity index is 2.49. The molecule has 1 aromatic carbocycles. The topological polar surface area (TPSA) is 43.4 Å². The zero-order valence-electron chi connectivity index (χ0n) is 10.4. The van der Waals surface area contributed by atoms with E-state index in [0.717, 1.165) is 18.4 Å². The fourth-order valence-corrected chi connectivity index (χ4v) is 1.43. The van der Waals surface area contributed by atoms with Crippen LogP contribution in [-0.2, 0) is 16.0 Å². The van der Waals surface area contributed by atoms with Crippen molar-refractivity contribution in [2.24, 2.45) is 0 Å². The summed E-state index contributed by atoms with van der Waals surface area (Å²) in [6.45, 7) is 3.52. The summed E-state index contributed by atoms with van der Waals surface area (Å²) in [4.78, 5) is 22.1. The lowest BCUT2D eigenvalue weighted by molar-refractivity contribution is -0.134. The maximum absolute atomic E-state index is 11.2. The summed E-state index contributed by atoms with van der Waals surface area (Å²) in [7, 11) is 0. The van der Waals surface area contributed by atoms with E-state index in [1.807, 2.05) is 19.1 Å². The molecule has 3 heteroatoms. The highest BCUT2D eigenvalue weighted by Crippen LogP contribution is 2.14. The first kappa shape index (κ1) is 13.4. The molecule has 0 saturated carbocycles. The van der Waals surface area contributed by atoms with Crippen molar-refractivity contribution in [2.75, 3.05) is 0 Å². The predicted octanol–water partition coefficient (Wildman–Crippen LogP) is 2.91. The van der Waals surface area contributed by atoms with Crippen LogP contribution in [0.2, 0.25) is 0 Å². The van der Waals surface area contributed by atoms with Crippen molar-refractivity contribution in [3.05, 3.63) is 29.8 Å². The van der Waals surface area contributed by atoms with Gasteiger partial charge in [0.2, 0.25) is 0 Å². The van der Waals surface area contributed by atoms with Gasteiger partial charge in [-0.3, -0.25) is 4.79 Å². The molecule has 0 aromatic heterocycles. The van der Waals surface area contributed by atoms with Gasteiger partial charge in [-0.15, -0.1) is 0 Å². The quantitative estimate of drug-likeness (QED) is 0.561. The number of benzene rings is 1. The van der Waals surface area contributed by atoms with Crippen LogP contribution < -0.4 is 4.74 Å². The van der Waals surface area contributed by atoms with Crippen molar-refractivity contribution in [3.63, 3.8) is 0 Å². The molecule has 0 spiro atoms. The number of aryl methyl sites for hydroxylation is 1. The molecule has 0 amide bonds. The second-order valence-electron chi connectivity index (χ2n) is 4.07. The van der Waals surface area contributed by atoms with E-state index in [-0.39, 0.29) is 11.8 Å². The van der Waals surface area contributed by atoms with E-state index in [9.17, 15) is 9.59 Å². The Morgan fingerprint density at radius 2 is 1.76 bits per heavy atom. The summed E-state index contributed by atoms with van der Waals surface area (Å²) >= 11 is 0. The number of carbonyl (C=O) groups excluding carboxylic acids is 2. The fourth-order valence-electron chi connectivity index (χ4n) is 1.43. The van der Waals surface area contributed by atoms with Crippen molar-refractivity contribution in [1.82, 2.24) is 0 Å². The molecule has 0 saturated heterocycles.